The minimum atomic E-state index is 0.560. The van der Waals surface area contributed by atoms with Crippen LogP contribution < -0.4 is 10.6 Å². The highest BCUT2D eigenvalue weighted by Gasteiger charge is 2.23. The van der Waals surface area contributed by atoms with Gasteiger partial charge in [0.05, 0.1) is 0 Å². The summed E-state index contributed by atoms with van der Waals surface area (Å²) in [5.74, 6) is 1.83. The first-order chi connectivity index (χ1) is 7.42. The molecule has 1 unspecified atom stereocenters. The van der Waals surface area contributed by atoms with E-state index in [0.717, 1.165) is 24.8 Å². The molecule has 2 aliphatic rings. The number of pyridine rings is 1. The number of rotatable bonds is 3. The highest BCUT2D eigenvalue weighted by atomic mass is 15.1. The Labute approximate surface area is 90.3 Å². The third kappa shape index (κ3) is 2.12. The minimum Gasteiger partial charge on any atom is -0.366 e. The molecular formula is C12H17N3. The fourth-order valence-corrected chi connectivity index (χ4v) is 2.14. The molecule has 2 N–H and O–H groups in total. The van der Waals surface area contributed by atoms with Crippen LogP contribution in [0.5, 0.6) is 0 Å². The molecule has 1 saturated heterocycles. The summed E-state index contributed by atoms with van der Waals surface area (Å²) < 4.78 is 0. The molecule has 0 radical (unpaired) electrons. The van der Waals surface area contributed by atoms with Crippen LogP contribution in [-0.4, -0.2) is 24.1 Å². The van der Waals surface area contributed by atoms with Crippen molar-refractivity contribution < 1.29 is 0 Å². The molecule has 3 nitrogen and oxygen atoms in total. The van der Waals surface area contributed by atoms with Crippen LogP contribution in [0.2, 0.25) is 0 Å². The molecule has 0 aromatic carbocycles. The van der Waals surface area contributed by atoms with E-state index >= 15 is 0 Å². The molecule has 2 fully saturated rings. The van der Waals surface area contributed by atoms with E-state index < -0.39 is 0 Å². The summed E-state index contributed by atoms with van der Waals surface area (Å²) in [5.41, 5.74) is 1.41. The predicted molar refractivity (Wildman–Crippen MR) is 61.1 cm³/mol. The molecule has 1 aliphatic heterocycles. The topological polar surface area (TPSA) is 37.0 Å². The first-order valence-corrected chi connectivity index (χ1v) is 5.85. The van der Waals surface area contributed by atoms with Crippen molar-refractivity contribution in [3.63, 3.8) is 0 Å². The van der Waals surface area contributed by atoms with Gasteiger partial charge in [-0.05, 0) is 43.4 Å². The maximum atomic E-state index is 4.46. The zero-order valence-corrected chi connectivity index (χ0v) is 8.87. The highest BCUT2D eigenvalue weighted by molar-refractivity contribution is 5.38. The molecule has 0 spiro atoms. The lowest BCUT2D eigenvalue weighted by atomic mass is 10.2. The summed E-state index contributed by atoms with van der Waals surface area (Å²) in [5, 5.41) is 6.80. The quantitative estimate of drug-likeness (QED) is 0.785. The fourth-order valence-electron chi connectivity index (χ4n) is 2.14. The van der Waals surface area contributed by atoms with Gasteiger partial charge in [-0.1, -0.05) is 6.07 Å². The Balaban J connectivity index is 1.64. The van der Waals surface area contributed by atoms with Crippen molar-refractivity contribution in [1.82, 2.24) is 10.3 Å². The Morgan fingerprint density at radius 3 is 2.80 bits per heavy atom. The molecule has 1 saturated carbocycles. The second kappa shape index (κ2) is 3.81. The smallest absolute Gasteiger partial charge is 0.126 e. The van der Waals surface area contributed by atoms with E-state index in [1.54, 1.807) is 0 Å². The number of anilines is 1. The summed E-state index contributed by atoms with van der Waals surface area (Å²) in [6.07, 6.45) is 5.93. The van der Waals surface area contributed by atoms with Crippen LogP contribution in [-0.2, 0) is 0 Å². The van der Waals surface area contributed by atoms with Crippen LogP contribution in [0.4, 0.5) is 5.82 Å². The van der Waals surface area contributed by atoms with E-state index in [4.69, 9.17) is 0 Å². The number of hydrogen-bond acceptors (Lipinski definition) is 3. The lowest BCUT2D eigenvalue weighted by Crippen LogP contribution is -2.22. The van der Waals surface area contributed by atoms with E-state index in [-0.39, 0.29) is 0 Å². The Morgan fingerprint density at radius 1 is 1.27 bits per heavy atom. The largest absolute Gasteiger partial charge is 0.366 e. The van der Waals surface area contributed by atoms with Crippen LogP contribution >= 0.6 is 0 Å². The van der Waals surface area contributed by atoms with E-state index in [0.29, 0.717) is 6.04 Å². The number of nitrogens with one attached hydrogen (secondary N) is 2. The number of hydrogen-bond donors (Lipinski definition) is 2. The van der Waals surface area contributed by atoms with Crippen molar-refractivity contribution in [2.75, 3.05) is 18.4 Å². The van der Waals surface area contributed by atoms with Crippen molar-refractivity contribution in [3.05, 3.63) is 23.9 Å². The van der Waals surface area contributed by atoms with Crippen LogP contribution in [0.3, 0.4) is 0 Å². The van der Waals surface area contributed by atoms with Gasteiger partial charge in [-0.2, -0.15) is 0 Å². The van der Waals surface area contributed by atoms with E-state index in [1.165, 1.54) is 24.8 Å². The second-order valence-electron chi connectivity index (χ2n) is 4.59. The summed E-state index contributed by atoms with van der Waals surface area (Å²) in [6.45, 7) is 2.18. The van der Waals surface area contributed by atoms with Gasteiger partial charge in [0.25, 0.3) is 0 Å². The summed E-state index contributed by atoms with van der Waals surface area (Å²) >= 11 is 0. The second-order valence-corrected chi connectivity index (χ2v) is 4.59. The summed E-state index contributed by atoms with van der Waals surface area (Å²) in [4.78, 5) is 4.46. The molecule has 1 aromatic heterocycles. The third-order valence-corrected chi connectivity index (χ3v) is 3.25. The van der Waals surface area contributed by atoms with Gasteiger partial charge in [-0.25, -0.2) is 4.98 Å². The Hall–Kier alpha value is -1.09. The zero-order chi connectivity index (χ0) is 10.1. The predicted octanol–water partition coefficient (Wildman–Crippen LogP) is 1.73. The van der Waals surface area contributed by atoms with Gasteiger partial charge in [0.2, 0.25) is 0 Å². The van der Waals surface area contributed by atoms with Gasteiger partial charge in [-0.3, -0.25) is 0 Å². The molecular weight excluding hydrogens is 186 g/mol. The average molecular weight is 203 g/mol. The lowest BCUT2D eigenvalue weighted by Gasteiger charge is -2.11. The maximum Gasteiger partial charge on any atom is 0.126 e. The molecule has 0 bridgehead atoms. The Morgan fingerprint density at radius 2 is 2.20 bits per heavy atom. The van der Waals surface area contributed by atoms with Crippen molar-refractivity contribution in [3.8, 4) is 0 Å². The van der Waals surface area contributed by atoms with E-state index in [2.05, 4.69) is 27.8 Å². The summed E-state index contributed by atoms with van der Waals surface area (Å²) in [7, 11) is 0. The molecule has 1 aromatic rings. The van der Waals surface area contributed by atoms with Gasteiger partial charge in [-0.15, -0.1) is 0 Å². The molecule has 1 aliphatic carbocycles. The summed E-state index contributed by atoms with van der Waals surface area (Å²) in [6, 6.07) is 4.89. The fraction of sp³-hybridized carbons (Fsp3) is 0.583. The Kier molecular flexibility index (Phi) is 2.33. The first-order valence-electron chi connectivity index (χ1n) is 5.85. The van der Waals surface area contributed by atoms with Crippen LogP contribution in [0.25, 0.3) is 0 Å². The number of nitrogens with zero attached hydrogens (tertiary/aromatic N) is 1. The molecule has 15 heavy (non-hydrogen) atoms. The number of aromatic nitrogens is 1. The minimum absolute atomic E-state index is 0.560. The monoisotopic (exact) mass is 203 g/mol. The molecule has 1 atom stereocenters. The van der Waals surface area contributed by atoms with Crippen molar-refractivity contribution in [1.29, 1.82) is 0 Å². The van der Waals surface area contributed by atoms with Crippen molar-refractivity contribution in [2.24, 2.45) is 0 Å². The SMILES string of the molecule is c1cc(NC2CCNC2)ncc1C1CC1. The van der Waals surface area contributed by atoms with E-state index in [1.807, 2.05) is 6.20 Å². The van der Waals surface area contributed by atoms with Crippen LogP contribution in [0, 0.1) is 0 Å². The zero-order valence-electron chi connectivity index (χ0n) is 8.87. The van der Waals surface area contributed by atoms with Gasteiger partial charge >= 0.3 is 0 Å². The van der Waals surface area contributed by atoms with Crippen molar-refractivity contribution >= 4 is 5.82 Å². The van der Waals surface area contributed by atoms with Crippen LogP contribution in [0.15, 0.2) is 18.3 Å². The molecule has 80 valence electrons. The van der Waals surface area contributed by atoms with E-state index in [9.17, 15) is 0 Å². The van der Waals surface area contributed by atoms with Crippen LogP contribution in [0.1, 0.15) is 30.7 Å². The molecule has 3 heteroatoms. The first kappa shape index (κ1) is 9.16. The third-order valence-electron chi connectivity index (χ3n) is 3.25. The highest BCUT2D eigenvalue weighted by Crippen LogP contribution is 2.39. The van der Waals surface area contributed by atoms with Gasteiger partial charge < -0.3 is 10.6 Å². The molecule has 2 heterocycles. The normalized spacial score (nSPS) is 25.5. The standard InChI is InChI=1S/C12H17N3/c1-2-9(1)10-3-4-12(14-7-10)15-11-5-6-13-8-11/h3-4,7,9,11,13H,1-2,5-6,8H2,(H,14,15). The Bertz CT molecular complexity index is 323. The molecule has 0 amide bonds. The average Bonchev–Trinajstić information content (AvgIpc) is 2.99. The molecule has 3 rings (SSSR count). The van der Waals surface area contributed by atoms with Gasteiger partial charge in [0.15, 0.2) is 0 Å². The van der Waals surface area contributed by atoms with Gasteiger partial charge in [0.1, 0.15) is 5.82 Å². The van der Waals surface area contributed by atoms with Gasteiger partial charge in [0, 0.05) is 18.8 Å². The maximum absolute atomic E-state index is 4.46. The lowest BCUT2D eigenvalue weighted by molar-refractivity contribution is 0.787. The van der Waals surface area contributed by atoms with Crippen molar-refractivity contribution in [2.45, 2.75) is 31.2 Å².